The maximum absolute atomic E-state index is 12.2. The summed E-state index contributed by atoms with van der Waals surface area (Å²) in [6, 6.07) is 16.2. The summed E-state index contributed by atoms with van der Waals surface area (Å²) in [6.07, 6.45) is 0. The monoisotopic (exact) mass is 315 g/mol. The fraction of sp³-hybridized carbons (Fsp3) is 0.188. The van der Waals surface area contributed by atoms with Crippen molar-refractivity contribution in [3.8, 4) is 0 Å². The van der Waals surface area contributed by atoms with E-state index in [-0.39, 0.29) is 5.78 Å². The number of rotatable bonds is 2. The molecular formula is C16H14BrNO. The number of ketones is 1. The normalized spacial score (nSPS) is 15.3. The van der Waals surface area contributed by atoms with Crippen LogP contribution >= 0.6 is 15.9 Å². The van der Waals surface area contributed by atoms with Crippen LogP contribution in [-0.4, -0.2) is 17.2 Å². The summed E-state index contributed by atoms with van der Waals surface area (Å²) in [7, 11) is 0. The number of carbonyl (C=O) groups is 1. The van der Waals surface area contributed by atoms with Gasteiger partial charge in [0.05, 0.1) is 6.54 Å². The Morgan fingerprint density at radius 3 is 2.63 bits per heavy atom. The Morgan fingerprint density at radius 2 is 1.84 bits per heavy atom. The average Bonchev–Trinajstić information content (AvgIpc) is 2.41. The van der Waals surface area contributed by atoms with E-state index in [0.29, 0.717) is 6.54 Å². The molecule has 0 N–H and O–H groups in total. The van der Waals surface area contributed by atoms with Crippen molar-refractivity contribution in [1.29, 1.82) is 0 Å². The minimum Gasteiger partial charge on any atom is -0.293 e. The molecule has 0 saturated heterocycles. The molecule has 0 bridgehead atoms. The van der Waals surface area contributed by atoms with Gasteiger partial charge in [-0.05, 0) is 23.3 Å². The van der Waals surface area contributed by atoms with E-state index in [1.807, 2.05) is 36.4 Å². The molecule has 0 radical (unpaired) electrons. The van der Waals surface area contributed by atoms with E-state index >= 15 is 0 Å². The summed E-state index contributed by atoms with van der Waals surface area (Å²) >= 11 is 3.42. The number of Topliss-reactive ketones (excluding diaryl/α,β-unsaturated/α-hetero) is 1. The highest BCUT2D eigenvalue weighted by molar-refractivity contribution is 9.10. The van der Waals surface area contributed by atoms with Crippen molar-refractivity contribution >= 4 is 21.7 Å². The third-order valence-corrected chi connectivity index (χ3v) is 3.88. The van der Waals surface area contributed by atoms with E-state index in [2.05, 4.69) is 33.0 Å². The second-order valence-electron chi connectivity index (χ2n) is 4.86. The summed E-state index contributed by atoms with van der Waals surface area (Å²) in [4.78, 5) is 14.4. The van der Waals surface area contributed by atoms with Crippen LogP contribution in [0.15, 0.2) is 53.0 Å². The average molecular weight is 316 g/mol. The molecule has 3 rings (SSSR count). The van der Waals surface area contributed by atoms with Crippen molar-refractivity contribution < 1.29 is 4.79 Å². The van der Waals surface area contributed by atoms with Crippen LogP contribution in [0.4, 0.5) is 0 Å². The summed E-state index contributed by atoms with van der Waals surface area (Å²) in [6.45, 7) is 2.16. The highest BCUT2D eigenvalue weighted by atomic mass is 79.9. The lowest BCUT2D eigenvalue weighted by atomic mass is 9.98. The highest BCUT2D eigenvalue weighted by Gasteiger charge is 2.23. The van der Waals surface area contributed by atoms with Gasteiger partial charge in [-0.2, -0.15) is 0 Å². The van der Waals surface area contributed by atoms with Crippen molar-refractivity contribution in [1.82, 2.24) is 4.90 Å². The molecule has 0 atom stereocenters. The lowest BCUT2D eigenvalue weighted by molar-refractivity contribution is 0.0894. The third-order valence-electron chi connectivity index (χ3n) is 3.38. The number of carbonyl (C=O) groups excluding carboxylic acids is 1. The number of benzene rings is 2. The van der Waals surface area contributed by atoms with Gasteiger partial charge in [-0.15, -0.1) is 0 Å². The second-order valence-corrected chi connectivity index (χ2v) is 5.77. The Labute approximate surface area is 121 Å². The van der Waals surface area contributed by atoms with E-state index in [1.54, 1.807) is 0 Å². The summed E-state index contributed by atoms with van der Waals surface area (Å²) < 4.78 is 0.969. The summed E-state index contributed by atoms with van der Waals surface area (Å²) in [5.74, 6) is 0.207. The molecule has 0 aliphatic carbocycles. The van der Waals surface area contributed by atoms with Crippen LogP contribution in [0, 0.1) is 0 Å². The number of hydrogen-bond acceptors (Lipinski definition) is 2. The lowest BCUT2D eigenvalue weighted by Crippen LogP contribution is -2.34. The summed E-state index contributed by atoms with van der Waals surface area (Å²) in [5.41, 5.74) is 3.23. The standard InChI is InChI=1S/C16H14BrNO/c17-14-7-6-13-10-18(11-16(19)15(13)8-14)9-12-4-2-1-3-5-12/h1-8H,9-11H2. The van der Waals surface area contributed by atoms with Gasteiger partial charge < -0.3 is 0 Å². The number of halogens is 1. The molecule has 0 fully saturated rings. The molecule has 0 amide bonds. The maximum Gasteiger partial charge on any atom is 0.177 e. The summed E-state index contributed by atoms with van der Waals surface area (Å²) in [5, 5.41) is 0. The van der Waals surface area contributed by atoms with Gasteiger partial charge in [0.25, 0.3) is 0 Å². The second kappa shape index (κ2) is 5.27. The molecule has 2 aromatic carbocycles. The van der Waals surface area contributed by atoms with Crippen molar-refractivity contribution in [2.45, 2.75) is 13.1 Å². The smallest absolute Gasteiger partial charge is 0.177 e. The van der Waals surface area contributed by atoms with Crippen LogP contribution in [0.5, 0.6) is 0 Å². The minimum atomic E-state index is 0.207. The zero-order valence-electron chi connectivity index (χ0n) is 10.5. The van der Waals surface area contributed by atoms with Gasteiger partial charge in [-0.25, -0.2) is 0 Å². The van der Waals surface area contributed by atoms with Crippen LogP contribution in [0.1, 0.15) is 21.5 Å². The highest BCUT2D eigenvalue weighted by Crippen LogP contribution is 2.23. The molecule has 3 heteroatoms. The fourth-order valence-corrected chi connectivity index (χ4v) is 2.85. The first-order valence-corrected chi connectivity index (χ1v) is 7.09. The molecule has 96 valence electrons. The van der Waals surface area contributed by atoms with Crippen LogP contribution in [0.2, 0.25) is 0 Å². The van der Waals surface area contributed by atoms with Crippen molar-refractivity contribution in [3.63, 3.8) is 0 Å². The van der Waals surface area contributed by atoms with E-state index in [4.69, 9.17) is 0 Å². The Balaban J connectivity index is 1.82. The molecule has 1 aliphatic rings. The van der Waals surface area contributed by atoms with Gasteiger partial charge in [0.1, 0.15) is 0 Å². The largest absolute Gasteiger partial charge is 0.293 e. The molecule has 1 heterocycles. The molecule has 0 unspecified atom stereocenters. The van der Waals surface area contributed by atoms with Gasteiger partial charge in [0.15, 0.2) is 5.78 Å². The Morgan fingerprint density at radius 1 is 1.05 bits per heavy atom. The lowest BCUT2D eigenvalue weighted by Gasteiger charge is -2.27. The van der Waals surface area contributed by atoms with E-state index in [0.717, 1.165) is 28.7 Å². The van der Waals surface area contributed by atoms with Crippen molar-refractivity contribution in [2.24, 2.45) is 0 Å². The van der Waals surface area contributed by atoms with Crippen LogP contribution in [-0.2, 0) is 13.1 Å². The van der Waals surface area contributed by atoms with Gasteiger partial charge in [-0.1, -0.05) is 52.3 Å². The predicted molar refractivity (Wildman–Crippen MR) is 79.0 cm³/mol. The first kappa shape index (κ1) is 12.6. The molecule has 1 aliphatic heterocycles. The minimum absolute atomic E-state index is 0.207. The van der Waals surface area contributed by atoms with Crippen LogP contribution in [0.25, 0.3) is 0 Å². The zero-order valence-corrected chi connectivity index (χ0v) is 12.1. The first-order chi connectivity index (χ1) is 9.22. The number of fused-ring (bicyclic) bond motifs is 1. The predicted octanol–water partition coefficient (Wildman–Crippen LogP) is 3.65. The van der Waals surface area contributed by atoms with E-state index in [9.17, 15) is 4.79 Å². The SMILES string of the molecule is O=C1CN(Cc2ccccc2)Cc2ccc(Br)cc21. The molecule has 2 aromatic rings. The quantitative estimate of drug-likeness (QED) is 0.843. The Kier molecular flexibility index (Phi) is 3.49. The van der Waals surface area contributed by atoms with Crippen LogP contribution < -0.4 is 0 Å². The molecule has 19 heavy (non-hydrogen) atoms. The van der Waals surface area contributed by atoms with Gasteiger partial charge in [-0.3, -0.25) is 9.69 Å². The number of nitrogens with zero attached hydrogens (tertiary/aromatic N) is 1. The zero-order chi connectivity index (χ0) is 13.2. The first-order valence-electron chi connectivity index (χ1n) is 6.30. The maximum atomic E-state index is 12.2. The molecule has 2 nitrogen and oxygen atoms in total. The van der Waals surface area contributed by atoms with Crippen LogP contribution in [0.3, 0.4) is 0 Å². The fourth-order valence-electron chi connectivity index (χ4n) is 2.48. The van der Waals surface area contributed by atoms with Gasteiger partial charge >= 0.3 is 0 Å². The Bertz CT molecular complexity index is 609. The topological polar surface area (TPSA) is 20.3 Å². The molecule has 0 saturated carbocycles. The Hall–Kier alpha value is -1.45. The number of hydrogen-bond donors (Lipinski definition) is 0. The van der Waals surface area contributed by atoms with Gasteiger partial charge in [0, 0.05) is 23.1 Å². The molecule has 0 aromatic heterocycles. The third kappa shape index (κ3) is 2.77. The van der Waals surface area contributed by atoms with Crippen molar-refractivity contribution in [3.05, 3.63) is 69.7 Å². The van der Waals surface area contributed by atoms with E-state index < -0.39 is 0 Å². The molecular weight excluding hydrogens is 302 g/mol. The van der Waals surface area contributed by atoms with E-state index in [1.165, 1.54) is 5.56 Å². The van der Waals surface area contributed by atoms with Crippen molar-refractivity contribution in [2.75, 3.05) is 6.54 Å². The van der Waals surface area contributed by atoms with Gasteiger partial charge in [0.2, 0.25) is 0 Å². The molecule has 0 spiro atoms.